The number of hydrogen-bond donors (Lipinski definition) is 1. The second-order valence-corrected chi connectivity index (χ2v) is 10.9. The Morgan fingerprint density at radius 2 is 2.24 bits per heavy atom. The monoisotopic (exact) mass is 585 g/mol. The number of rotatable bonds is 10. The molecule has 0 radical (unpaired) electrons. The molecule has 1 aromatic heterocycles. The van der Waals surface area contributed by atoms with Crippen molar-refractivity contribution in [2.45, 2.75) is 32.6 Å². The zero-order chi connectivity index (χ0) is 29.5. The first kappa shape index (κ1) is 29.2. The number of amides is 1. The van der Waals surface area contributed by atoms with E-state index < -0.39 is 0 Å². The largest absolute Gasteiger partial charge is 0.496 e. The first-order valence-electron chi connectivity index (χ1n) is 14.1. The van der Waals surface area contributed by atoms with Crippen molar-refractivity contribution >= 4 is 46.4 Å². The first-order chi connectivity index (χ1) is 20.5. The average molecular weight is 586 g/mol. The van der Waals surface area contributed by atoms with E-state index in [4.69, 9.17) is 14.2 Å². The molecule has 3 aliphatic heterocycles. The minimum absolute atomic E-state index is 0.133. The molecular weight excluding hydrogens is 550 g/mol. The van der Waals surface area contributed by atoms with E-state index in [1.165, 1.54) is 6.20 Å². The predicted molar refractivity (Wildman–Crippen MR) is 167 cm³/mol. The second-order valence-electron chi connectivity index (χ2n) is 10.2. The molecule has 1 N–H and O–H groups in total. The zero-order valence-electron chi connectivity index (χ0n) is 24.0. The molecule has 218 valence electrons. The van der Waals surface area contributed by atoms with Crippen LogP contribution in [0.5, 0.6) is 11.5 Å². The molecule has 0 spiro atoms. The summed E-state index contributed by atoms with van der Waals surface area (Å²) >= 11 is 1.62. The Balaban J connectivity index is 1.49. The first-order valence-corrected chi connectivity index (χ1v) is 15.1. The maximum absolute atomic E-state index is 13.6. The fourth-order valence-corrected chi connectivity index (χ4v) is 6.14. The number of benzene rings is 1. The summed E-state index contributed by atoms with van der Waals surface area (Å²) in [4.78, 5) is 31.6. The summed E-state index contributed by atoms with van der Waals surface area (Å²) in [7, 11) is 1.63. The maximum atomic E-state index is 13.6. The van der Waals surface area contributed by atoms with Gasteiger partial charge in [-0.15, -0.1) is 5.73 Å². The highest BCUT2D eigenvalue weighted by Gasteiger charge is 2.32. The summed E-state index contributed by atoms with van der Waals surface area (Å²) in [5, 5.41) is 7.22. The summed E-state index contributed by atoms with van der Waals surface area (Å²) in [6.45, 7) is 7.39. The molecule has 1 amide bonds. The van der Waals surface area contributed by atoms with Gasteiger partial charge in [0.25, 0.3) is 5.91 Å². The van der Waals surface area contributed by atoms with Crippen LogP contribution in [0.1, 0.15) is 43.7 Å². The number of cyclic esters (lactones) is 1. The fraction of sp³-hybridized carbons (Fsp3) is 0.333. The lowest BCUT2D eigenvalue weighted by molar-refractivity contribution is -0.149. The van der Waals surface area contributed by atoms with Crippen molar-refractivity contribution in [2.24, 2.45) is 10.9 Å². The molecular formula is C33H35N3O5S. The van der Waals surface area contributed by atoms with Crippen molar-refractivity contribution in [3.05, 3.63) is 81.9 Å². The molecule has 0 saturated carbocycles. The maximum Gasteiger partial charge on any atom is 0.306 e. The number of ether oxygens (including phenoxy) is 3. The standard InChI is InChI=1S/C33H35N3O5S/c1-4-23(19-34-5-2)26-17-27-30(18-29(26)39-3)41-20-28-25(9-7-13-36(32(27)28)24-11-15-42-21-24)33(38)35-12-6-8-22-10-14-40-31(37)16-22/h4-5,7,11,15,17-19,21-22H,2,6,8,10,12-14,16,20H2,1,3H3,(H,35,38)/b23-4+,34-19-. The normalized spacial score (nSPS) is 18.5. The van der Waals surface area contributed by atoms with Crippen molar-refractivity contribution in [2.75, 3.05) is 38.3 Å². The number of carbonyl (C=O) groups is 2. The number of nitrogens with one attached hydrogen (secondary N) is 1. The number of esters is 1. The van der Waals surface area contributed by atoms with Crippen LogP contribution in [0.2, 0.25) is 0 Å². The molecule has 1 atom stereocenters. The van der Waals surface area contributed by atoms with E-state index in [1.807, 2.05) is 36.6 Å². The molecule has 1 saturated heterocycles. The summed E-state index contributed by atoms with van der Waals surface area (Å²) in [5.41, 5.74) is 9.02. The number of hydrogen-bond acceptors (Lipinski definition) is 8. The molecule has 3 aliphatic rings. The number of carbonyl (C=O) groups excluding carboxylic acids is 2. The van der Waals surface area contributed by atoms with Gasteiger partial charge in [-0.25, -0.2) is 0 Å². The molecule has 8 nitrogen and oxygen atoms in total. The Labute approximate surface area is 250 Å². The minimum atomic E-state index is -0.193. The quantitative estimate of drug-likeness (QED) is 0.161. The zero-order valence-corrected chi connectivity index (χ0v) is 24.8. The number of thiophene rings is 1. The summed E-state index contributed by atoms with van der Waals surface area (Å²) in [6.07, 6.45) is 10.1. The Bertz CT molecular complexity index is 1510. The van der Waals surface area contributed by atoms with Gasteiger partial charge < -0.3 is 24.4 Å². The molecule has 2 aromatic rings. The number of nitrogens with zero attached hydrogens (tertiary/aromatic N) is 2. The van der Waals surface area contributed by atoms with Gasteiger partial charge >= 0.3 is 5.97 Å². The van der Waals surface area contributed by atoms with E-state index in [1.54, 1.807) is 24.7 Å². The highest BCUT2D eigenvalue weighted by molar-refractivity contribution is 7.08. The summed E-state index contributed by atoms with van der Waals surface area (Å²) < 4.78 is 17.1. The second kappa shape index (κ2) is 13.6. The van der Waals surface area contributed by atoms with E-state index in [0.717, 1.165) is 52.9 Å². The Morgan fingerprint density at radius 3 is 2.98 bits per heavy atom. The molecule has 1 unspecified atom stereocenters. The van der Waals surface area contributed by atoms with Crippen LogP contribution in [0.3, 0.4) is 0 Å². The van der Waals surface area contributed by atoms with Crippen LogP contribution in [0.25, 0.3) is 11.3 Å². The van der Waals surface area contributed by atoms with Crippen molar-refractivity contribution in [1.82, 2.24) is 5.32 Å². The minimum Gasteiger partial charge on any atom is -0.496 e. The van der Waals surface area contributed by atoms with Gasteiger partial charge in [-0.05, 0) is 61.3 Å². The van der Waals surface area contributed by atoms with E-state index in [2.05, 4.69) is 39.0 Å². The highest BCUT2D eigenvalue weighted by Crippen LogP contribution is 2.44. The number of allylic oxidation sites excluding steroid dienone is 2. The number of aliphatic imine (C=N–C) groups is 1. The van der Waals surface area contributed by atoms with Crippen molar-refractivity contribution in [1.29, 1.82) is 0 Å². The lowest BCUT2D eigenvalue weighted by Crippen LogP contribution is -2.31. The third-order valence-electron chi connectivity index (χ3n) is 7.61. The molecule has 1 fully saturated rings. The van der Waals surface area contributed by atoms with Crippen molar-refractivity contribution in [3.8, 4) is 11.5 Å². The topological polar surface area (TPSA) is 89.5 Å². The molecule has 42 heavy (non-hydrogen) atoms. The molecule has 4 heterocycles. The third-order valence-corrected chi connectivity index (χ3v) is 8.28. The van der Waals surface area contributed by atoms with Crippen LogP contribution in [-0.4, -0.2) is 51.5 Å². The van der Waals surface area contributed by atoms with Gasteiger partial charge in [-0.1, -0.05) is 12.7 Å². The van der Waals surface area contributed by atoms with Gasteiger partial charge in [-0.3, -0.25) is 14.6 Å². The van der Waals surface area contributed by atoms with Crippen LogP contribution in [0.15, 0.2) is 75.8 Å². The van der Waals surface area contributed by atoms with E-state index in [-0.39, 0.29) is 18.5 Å². The van der Waals surface area contributed by atoms with Crippen molar-refractivity contribution in [3.63, 3.8) is 0 Å². The molecule has 0 aliphatic carbocycles. The average Bonchev–Trinajstić information content (AvgIpc) is 3.47. The Hall–Kier alpha value is -4.33. The molecule has 1 aromatic carbocycles. The van der Waals surface area contributed by atoms with Crippen LogP contribution in [0, 0.1) is 5.92 Å². The van der Waals surface area contributed by atoms with Crippen molar-refractivity contribution < 1.29 is 23.8 Å². The lowest BCUT2D eigenvalue weighted by Gasteiger charge is -2.32. The van der Waals surface area contributed by atoms with Crippen LogP contribution >= 0.6 is 11.3 Å². The van der Waals surface area contributed by atoms with E-state index >= 15 is 0 Å². The highest BCUT2D eigenvalue weighted by atomic mass is 32.1. The molecule has 0 bridgehead atoms. The van der Waals surface area contributed by atoms with Crippen LogP contribution in [0.4, 0.5) is 5.69 Å². The van der Waals surface area contributed by atoms with Gasteiger partial charge in [0.05, 0.1) is 30.7 Å². The van der Waals surface area contributed by atoms with Gasteiger partial charge in [-0.2, -0.15) is 11.3 Å². The Morgan fingerprint density at radius 1 is 1.36 bits per heavy atom. The third kappa shape index (κ3) is 6.27. The van der Waals surface area contributed by atoms with Gasteiger partial charge in [0.15, 0.2) is 0 Å². The summed E-state index contributed by atoms with van der Waals surface area (Å²) in [6, 6.07) is 6.01. The predicted octanol–water partition coefficient (Wildman–Crippen LogP) is 5.93. The number of methoxy groups -OCH3 is 1. The smallest absolute Gasteiger partial charge is 0.306 e. The molecule has 5 rings (SSSR count). The van der Waals surface area contributed by atoms with Crippen LogP contribution in [-0.2, 0) is 14.3 Å². The van der Waals surface area contributed by atoms with Gasteiger partial charge in [0.1, 0.15) is 18.1 Å². The van der Waals surface area contributed by atoms with E-state index in [0.29, 0.717) is 49.1 Å². The van der Waals surface area contributed by atoms with E-state index in [9.17, 15) is 9.59 Å². The van der Waals surface area contributed by atoms with Crippen LogP contribution < -0.4 is 19.7 Å². The molecule has 9 heteroatoms. The number of fused-ring (bicyclic) bond motifs is 2. The number of anilines is 1. The SMILES string of the molecule is C=C/N=C\C(=C/C)c1cc2c(cc1OC)OCC1=C2N(c2ccsc2)CC=C=C1C(=O)NCCCC1CCOC(=O)C1. The Kier molecular flexibility index (Phi) is 9.41. The summed E-state index contributed by atoms with van der Waals surface area (Å²) in [5.74, 6) is 1.32. The lowest BCUT2D eigenvalue weighted by atomic mass is 9.93. The van der Waals surface area contributed by atoms with Gasteiger partial charge in [0.2, 0.25) is 0 Å². The van der Waals surface area contributed by atoms with Gasteiger partial charge in [0, 0.05) is 60.1 Å². The fourth-order valence-electron chi connectivity index (χ4n) is 5.50.